The highest BCUT2D eigenvalue weighted by Gasteiger charge is 2.45. The van der Waals surface area contributed by atoms with Gasteiger partial charge in [0.25, 0.3) is 5.91 Å². The normalized spacial score (nSPS) is 21.1. The van der Waals surface area contributed by atoms with Gasteiger partial charge in [-0.25, -0.2) is 19.7 Å². The van der Waals surface area contributed by atoms with Crippen molar-refractivity contribution < 1.29 is 37.5 Å². The van der Waals surface area contributed by atoms with Crippen LogP contribution in [0.3, 0.4) is 0 Å². The second kappa shape index (κ2) is 13.1. The van der Waals surface area contributed by atoms with Crippen molar-refractivity contribution in [2.75, 3.05) is 32.0 Å². The average molecular weight is 568 g/mol. The molecule has 0 saturated carbocycles. The summed E-state index contributed by atoms with van der Waals surface area (Å²) in [6.07, 6.45) is -2.98. The third kappa shape index (κ3) is 7.17. The fraction of sp³-hybridized carbons (Fsp3) is 0.478. The zero-order chi connectivity index (χ0) is 28.7. The lowest BCUT2D eigenvalue weighted by Crippen LogP contribution is -2.37. The summed E-state index contributed by atoms with van der Waals surface area (Å²) in [5.41, 5.74) is 5.94. The Morgan fingerprint density at radius 2 is 1.79 bits per heavy atom. The summed E-state index contributed by atoms with van der Waals surface area (Å²) in [6.45, 7) is 9.40. The van der Waals surface area contributed by atoms with Crippen LogP contribution in [-0.4, -0.2) is 98.6 Å². The van der Waals surface area contributed by atoms with Crippen molar-refractivity contribution in [3.05, 3.63) is 42.5 Å². The molecule has 16 heteroatoms. The molecule has 0 spiro atoms. The van der Waals surface area contributed by atoms with E-state index in [2.05, 4.69) is 40.6 Å². The zero-order valence-corrected chi connectivity index (χ0v) is 22.5. The number of nitrogen functional groups attached to an aromatic ring is 1. The Morgan fingerprint density at radius 3 is 2.41 bits per heavy atom. The summed E-state index contributed by atoms with van der Waals surface area (Å²) in [7, 11) is -4.63. The van der Waals surface area contributed by atoms with Crippen molar-refractivity contribution in [1.82, 2.24) is 29.1 Å². The molecule has 4 atom stereocenters. The molecule has 0 radical (unpaired) electrons. The van der Waals surface area contributed by atoms with Crippen molar-refractivity contribution in [2.45, 2.75) is 45.3 Å². The van der Waals surface area contributed by atoms with E-state index < -0.39 is 53.1 Å². The molecular formula is C23H33N7O8S. The number of aliphatic hydroxyl groups is 2. The molecule has 15 nitrogen and oxygen atoms in total. The molecular weight excluding hydrogens is 534 g/mol. The molecule has 0 bridgehead atoms. The predicted molar refractivity (Wildman–Crippen MR) is 140 cm³/mol. The Bertz CT molecular complexity index is 1360. The minimum atomic E-state index is -4.63. The van der Waals surface area contributed by atoms with E-state index in [1.165, 1.54) is 61.1 Å². The molecule has 1 fully saturated rings. The number of aromatic hydroxyl groups is 1. The van der Waals surface area contributed by atoms with Gasteiger partial charge in [0.1, 0.15) is 35.9 Å². The Morgan fingerprint density at radius 1 is 1.13 bits per heavy atom. The molecule has 4 rings (SSSR count). The highest BCUT2D eigenvalue weighted by Crippen LogP contribution is 2.32. The summed E-state index contributed by atoms with van der Waals surface area (Å²) >= 11 is 0. The third-order valence-corrected chi connectivity index (χ3v) is 6.98. The number of imidazole rings is 1. The molecule has 214 valence electrons. The number of nitrogens with one attached hydrogen (secondary N) is 1. The first kappa shape index (κ1) is 30.1. The Hall–Kier alpha value is -3.41. The lowest BCUT2D eigenvalue weighted by molar-refractivity contribution is -0.0468. The van der Waals surface area contributed by atoms with Gasteiger partial charge in [0, 0.05) is 0 Å². The van der Waals surface area contributed by atoms with Gasteiger partial charge in [-0.05, 0) is 31.8 Å². The number of phenols is 1. The highest BCUT2D eigenvalue weighted by atomic mass is 32.2. The first-order chi connectivity index (χ1) is 18.5. The van der Waals surface area contributed by atoms with Crippen LogP contribution in [0.25, 0.3) is 11.2 Å². The third-order valence-electron chi connectivity index (χ3n) is 6.09. The van der Waals surface area contributed by atoms with Gasteiger partial charge < -0.3 is 30.7 Å². The van der Waals surface area contributed by atoms with Crippen molar-refractivity contribution in [1.29, 1.82) is 0 Å². The fourth-order valence-electron chi connectivity index (χ4n) is 3.84. The van der Waals surface area contributed by atoms with Crippen LogP contribution in [0.5, 0.6) is 5.75 Å². The Kier molecular flexibility index (Phi) is 10.1. The Labute approximate surface area is 225 Å². The van der Waals surface area contributed by atoms with Crippen LogP contribution in [0.1, 0.15) is 37.4 Å². The maximum absolute atomic E-state index is 12.1. The van der Waals surface area contributed by atoms with Gasteiger partial charge in [0.2, 0.25) is 0 Å². The number of para-hydroxylation sites is 1. The summed E-state index contributed by atoms with van der Waals surface area (Å²) in [5.74, 6) is -1.43. The number of amides is 1. The van der Waals surface area contributed by atoms with Gasteiger partial charge in [0.05, 0.1) is 18.5 Å². The van der Waals surface area contributed by atoms with Crippen molar-refractivity contribution >= 4 is 33.2 Å². The van der Waals surface area contributed by atoms with Crippen molar-refractivity contribution in [2.24, 2.45) is 0 Å². The maximum Gasteiger partial charge on any atom is 0.362 e. The number of hydrogen-bond donors (Lipinski definition) is 5. The molecule has 3 aromatic rings. The van der Waals surface area contributed by atoms with E-state index in [0.29, 0.717) is 0 Å². The average Bonchev–Trinajstić information content (AvgIpc) is 3.46. The van der Waals surface area contributed by atoms with Gasteiger partial charge >= 0.3 is 10.3 Å². The van der Waals surface area contributed by atoms with Gasteiger partial charge in [-0.15, -0.1) is 0 Å². The van der Waals surface area contributed by atoms with E-state index in [0.717, 1.165) is 0 Å². The number of aliphatic hydroxyl groups excluding tert-OH is 2. The first-order valence-corrected chi connectivity index (χ1v) is 13.6. The van der Waals surface area contributed by atoms with Crippen LogP contribution < -0.4 is 10.5 Å². The lowest BCUT2D eigenvalue weighted by atomic mass is 10.1. The number of carbonyl (C=O) groups excluding carboxylic acids is 1. The maximum atomic E-state index is 12.1. The van der Waals surface area contributed by atoms with Gasteiger partial charge in [-0.2, -0.15) is 8.42 Å². The van der Waals surface area contributed by atoms with Crippen LogP contribution in [0.2, 0.25) is 0 Å². The minimum absolute atomic E-state index is 0.105. The number of benzene rings is 1. The number of ether oxygens (including phenoxy) is 1. The molecule has 1 saturated heterocycles. The summed E-state index contributed by atoms with van der Waals surface area (Å²) in [5, 5.41) is 30.3. The topological polar surface area (TPSA) is 215 Å². The van der Waals surface area contributed by atoms with Crippen molar-refractivity contribution in [3.8, 4) is 5.75 Å². The number of hydrogen-bond acceptors (Lipinski definition) is 13. The largest absolute Gasteiger partial charge is 0.507 e. The number of carbonyl (C=O) groups is 1. The second-order valence-electron chi connectivity index (χ2n) is 8.44. The van der Waals surface area contributed by atoms with Crippen LogP contribution in [0, 0.1) is 0 Å². The van der Waals surface area contributed by atoms with E-state index in [1.807, 2.05) is 0 Å². The van der Waals surface area contributed by atoms with Gasteiger partial charge in [0.15, 0.2) is 17.7 Å². The smallest absolute Gasteiger partial charge is 0.362 e. The van der Waals surface area contributed by atoms with E-state index >= 15 is 0 Å². The molecule has 39 heavy (non-hydrogen) atoms. The number of nitrogens with two attached hydrogens (primary N) is 1. The summed E-state index contributed by atoms with van der Waals surface area (Å²) < 4.78 is 37.5. The molecule has 0 unspecified atom stereocenters. The van der Waals surface area contributed by atoms with Gasteiger partial charge in [-0.3, -0.25) is 13.5 Å². The second-order valence-corrected chi connectivity index (χ2v) is 9.78. The Balaban J connectivity index is 0.000000532. The highest BCUT2D eigenvalue weighted by molar-refractivity contribution is 7.85. The standard InChI is InChI=1S/C17H18N6O8S.C6H15N/c18-14-11-15(20-6-19-14)23(7-21-11)17-13(26)12(25)10(31-17)5-30-32(28,29)22-16(27)8-3-1-2-4-9(8)24;1-4-7(5-2)6-3/h1-4,6-7,10,12-13,17,24-26H,5H2,(H,22,27)(H2,18,19,20);4-6H2,1-3H3/t10-,12-,13-,17-;/m1./s1. The van der Waals surface area contributed by atoms with Gasteiger partial charge in [-0.1, -0.05) is 32.9 Å². The number of anilines is 1. The van der Waals surface area contributed by atoms with Crippen LogP contribution in [-0.2, 0) is 19.2 Å². The molecule has 1 amide bonds. The number of fused-ring (bicyclic) bond motifs is 1. The molecule has 1 aliphatic rings. The molecule has 1 aliphatic heterocycles. The SMILES string of the molecule is CCN(CC)CC.Nc1ncnc2c1ncn2[C@@H]1O[C@H](COS(=O)(=O)NC(=O)c2ccccc2O)[C@@H](O)[C@H]1O. The molecule has 2 aromatic heterocycles. The predicted octanol–water partition coefficient (Wildman–Crippen LogP) is -0.227. The van der Waals surface area contributed by atoms with E-state index in [1.54, 1.807) is 4.72 Å². The van der Waals surface area contributed by atoms with E-state index in [9.17, 15) is 28.5 Å². The van der Waals surface area contributed by atoms with Crippen LogP contribution in [0.15, 0.2) is 36.9 Å². The molecule has 6 N–H and O–H groups in total. The molecule has 3 heterocycles. The van der Waals surface area contributed by atoms with Crippen LogP contribution >= 0.6 is 0 Å². The number of rotatable bonds is 9. The summed E-state index contributed by atoms with van der Waals surface area (Å²) in [4.78, 5) is 26.3. The van der Waals surface area contributed by atoms with E-state index in [-0.39, 0.29) is 22.5 Å². The quantitative estimate of drug-likeness (QED) is 0.226. The van der Waals surface area contributed by atoms with Crippen molar-refractivity contribution in [3.63, 3.8) is 0 Å². The van der Waals surface area contributed by atoms with E-state index in [4.69, 9.17) is 14.7 Å². The molecule has 1 aromatic carbocycles. The lowest BCUT2D eigenvalue weighted by Gasteiger charge is -2.16. The van der Waals surface area contributed by atoms with Crippen LogP contribution in [0.4, 0.5) is 5.82 Å². The molecule has 0 aliphatic carbocycles. The number of aromatic nitrogens is 4. The summed E-state index contributed by atoms with van der Waals surface area (Å²) in [6, 6.07) is 5.33. The monoisotopic (exact) mass is 567 g/mol. The zero-order valence-electron chi connectivity index (χ0n) is 21.7. The fourth-order valence-corrected chi connectivity index (χ4v) is 4.55. The first-order valence-electron chi connectivity index (χ1n) is 12.2. The minimum Gasteiger partial charge on any atom is -0.507 e. The number of nitrogens with zero attached hydrogens (tertiary/aromatic N) is 5. The number of phenolic OH excluding ortho intramolecular Hbond substituents is 1.